The Kier molecular flexibility index (Phi) is 5.63. The molecule has 1 heterocycles. The first-order valence-corrected chi connectivity index (χ1v) is 8.71. The Morgan fingerprint density at radius 3 is 2.30 bits per heavy atom. The maximum absolute atomic E-state index is 5.92. The summed E-state index contributed by atoms with van der Waals surface area (Å²) in [6, 6.07) is 7.65. The van der Waals surface area contributed by atoms with Crippen LogP contribution in [0.15, 0.2) is 36.7 Å². The van der Waals surface area contributed by atoms with Crippen LogP contribution in [-0.2, 0) is 4.74 Å². The van der Waals surface area contributed by atoms with Crippen molar-refractivity contribution in [3.8, 4) is 11.4 Å². The summed E-state index contributed by atoms with van der Waals surface area (Å²) in [5.41, 5.74) is 2.28. The van der Waals surface area contributed by atoms with E-state index in [9.17, 15) is 0 Å². The third-order valence-electron chi connectivity index (χ3n) is 4.82. The average molecular weight is 331 g/mol. The maximum atomic E-state index is 5.92. The van der Waals surface area contributed by atoms with Crippen molar-refractivity contribution >= 4 is 11.6 Å². The molecule has 0 spiro atoms. The fraction of sp³-hybridized carbons (Fsp3) is 0.474. The highest BCUT2D eigenvalue weighted by atomic mass is 35.5. The van der Waals surface area contributed by atoms with Crippen LogP contribution in [0.4, 0.5) is 0 Å². The van der Waals surface area contributed by atoms with Gasteiger partial charge in [0.25, 0.3) is 0 Å². The van der Waals surface area contributed by atoms with Crippen molar-refractivity contribution < 1.29 is 4.74 Å². The molecule has 3 rings (SSSR count). The van der Waals surface area contributed by atoms with Crippen LogP contribution >= 0.6 is 11.6 Å². The van der Waals surface area contributed by atoms with Crippen LogP contribution < -0.4 is 0 Å². The standard InChI is InChI=1S/C19H23ClN2O/c1-23-11-10-14-2-4-15(5-3-14)17-12-21-19(22-13-17)16-6-8-18(20)9-7-16/h6-9,12-15H,2-5,10-11H2,1H3. The molecule has 1 fully saturated rings. The van der Waals surface area contributed by atoms with Crippen LogP contribution in [0.2, 0.25) is 5.02 Å². The zero-order chi connectivity index (χ0) is 16.1. The van der Waals surface area contributed by atoms with Gasteiger partial charge < -0.3 is 4.74 Å². The summed E-state index contributed by atoms with van der Waals surface area (Å²) >= 11 is 5.92. The summed E-state index contributed by atoms with van der Waals surface area (Å²) in [7, 11) is 1.78. The summed E-state index contributed by atoms with van der Waals surface area (Å²) in [6.07, 6.45) is 10.2. The molecule has 0 unspecified atom stereocenters. The molecule has 0 atom stereocenters. The highest BCUT2D eigenvalue weighted by Crippen LogP contribution is 2.36. The Balaban J connectivity index is 1.61. The van der Waals surface area contributed by atoms with E-state index >= 15 is 0 Å². The molecule has 1 aliphatic carbocycles. The summed E-state index contributed by atoms with van der Waals surface area (Å²) in [4.78, 5) is 9.10. The molecule has 1 aromatic carbocycles. The van der Waals surface area contributed by atoms with Gasteiger partial charge >= 0.3 is 0 Å². The van der Waals surface area contributed by atoms with Gasteiger partial charge in [0, 0.05) is 36.7 Å². The van der Waals surface area contributed by atoms with E-state index in [0.717, 1.165) is 28.9 Å². The van der Waals surface area contributed by atoms with Crippen molar-refractivity contribution in [3.05, 3.63) is 47.2 Å². The SMILES string of the molecule is COCCC1CCC(c2cnc(-c3ccc(Cl)cc3)nc2)CC1. The Hall–Kier alpha value is -1.45. The smallest absolute Gasteiger partial charge is 0.159 e. The number of rotatable bonds is 5. The first-order chi connectivity index (χ1) is 11.3. The molecule has 1 aliphatic rings. The number of nitrogens with zero attached hydrogens (tertiary/aromatic N) is 2. The Morgan fingerprint density at radius 2 is 1.70 bits per heavy atom. The van der Waals surface area contributed by atoms with E-state index in [1.165, 1.54) is 37.7 Å². The fourth-order valence-corrected chi connectivity index (χ4v) is 3.49. The lowest BCUT2D eigenvalue weighted by Gasteiger charge is -2.28. The van der Waals surface area contributed by atoms with Crippen molar-refractivity contribution in [1.82, 2.24) is 9.97 Å². The molecular formula is C19H23ClN2O. The average Bonchev–Trinajstić information content (AvgIpc) is 2.61. The van der Waals surface area contributed by atoms with E-state index in [1.54, 1.807) is 7.11 Å². The molecule has 122 valence electrons. The van der Waals surface area contributed by atoms with Gasteiger partial charge in [0.05, 0.1) is 0 Å². The molecule has 0 bridgehead atoms. The second kappa shape index (κ2) is 7.89. The number of hydrogen-bond acceptors (Lipinski definition) is 3. The van der Waals surface area contributed by atoms with Gasteiger partial charge in [-0.25, -0.2) is 9.97 Å². The van der Waals surface area contributed by atoms with Gasteiger partial charge in [-0.05, 0) is 73.8 Å². The molecule has 3 nitrogen and oxygen atoms in total. The molecule has 0 aliphatic heterocycles. The summed E-state index contributed by atoms with van der Waals surface area (Å²) in [5.74, 6) is 2.19. The number of aromatic nitrogens is 2. The van der Waals surface area contributed by atoms with Gasteiger partial charge in [-0.15, -0.1) is 0 Å². The quantitative estimate of drug-likeness (QED) is 0.764. The van der Waals surface area contributed by atoms with Gasteiger partial charge in [0.15, 0.2) is 5.82 Å². The van der Waals surface area contributed by atoms with E-state index in [1.807, 2.05) is 36.7 Å². The number of halogens is 1. The van der Waals surface area contributed by atoms with E-state index in [2.05, 4.69) is 9.97 Å². The van der Waals surface area contributed by atoms with Crippen molar-refractivity contribution in [2.24, 2.45) is 5.92 Å². The monoisotopic (exact) mass is 330 g/mol. The van der Waals surface area contributed by atoms with E-state index < -0.39 is 0 Å². The molecule has 1 aromatic heterocycles. The number of hydrogen-bond donors (Lipinski definition) is 0. The highest BCUT2D eigenvalue weighted by Gasteiger charge is 2.22. The summed E-state index contributed by atoms with van der Waals surface area (Å²) < 4.78 is 5.19. The second-order valence-corrected chi connectivity index (χ2v) is 6.78. The molecule has 2 aromatic rings. The first kappa shape index (κ1) is 16.4. The molecule has 4 heteroatoms. The molecule has 0 N–H and O–H groups in total. The number of methoxy groups -OCH3 is 1. The molecule has 23 heavy (non-hydrogen) atoms. The third-order valence-corrected chi connectivity index (χ3v) is 5.07. The zero-order valence-corrected chi connectivity index (χ0v) is 14.3. The Labute approximate surface area is 143 Å². The highest BCUT2D eigenvalue weighted by molar-refractivity contribution is 6.30. The molecule has 0 amide bonds. The lowest BCUT2D eigenvalue weighted by Crippen LogP contribution is -2.15. The molecule has 0 radical (unpaired) electrons. The van der Waals surface area contributed by atoms with Crippen LogP contribution in [0.3, 0.4) is 0 Å². The van der Waals surface area contributed by atoms with E-state index in [-0.39, 0.29) is 0 Å². The van der Waals surface area contributed by atoms with Crippen molar-refractivity contribution in [2.45, 2.75) is 38.0 Å². The Morgan fingerprint density at radius 1 is 1.04 bits per heavy atom. The predicted octanol–water partition coefficient (Wildman–Crippen LogP) is 5.11. The van der Waals surface area contributed by atoms with Crippen LogP contribution in [0.5, 0.6) is 0 Å². The third kappa shape index (κ3) is 4.30. The van der Waals surface area contributed by atoms with E-state index in [0.29, 0.717) is 5.92 Å². The van der Waals surface area contributed by atoms with Crippen LogP contribution in [-0.4, -0.2) is 23.7 Å². The first-order valence-electron chi connectivity index (χ1n) is 8.33. The summed E-state index contributed by atoms with van der Waals surface area (Å²) in [6.45, 7) is 0.883. The molecule has 1 saturated carbocycles. The molecule has 0 saturated heterocycles. The van der Waals surface area contributed by atoms with Crippen LogP contribution in [0.1, 0.15) is 43.6 Å². The van der Waals surface area contributed by atoms with Crippen molar-refractivity contribution in [3.63, 3.8) is 0 Å². The summed E-state index contributed by atoms with van der Waals surface area (Å²) in [5, 5.41) is 0.732. The number of benzene rings is 1. The molecular weight excluding hydrogens is 308 g/mol. The van der Waals surface area contributed by atoms with Crippen LogP contribution in [0, 0.1) is 5.92 Å². The van der Waals surface area contributed by atoms with Crippen LogP contribution in [0.25, 0.3) is 11.4 Å². The Bertz CT molecular complexity index is 604. The van der Waals surface area contributed by atoms with Gasteiger partial charge in [0.1, 0.15) is 0 Å². The minimum absolute atomic E-state index is 0.605. The fourth-order valence-electron chi connectivity index (χ4n) is 3.37. The minimum atomic E-state index is 0.605. The maximum Gasteiger partial charge on any atom is 0.159 e. The normalized spacial score (nSPS) is 21.3. The van der Waals surface area contributed by atoms with Gasteiger partial charge in [-0.3, -0.25) is 0 Å². The van der Waals surface area contributed by atoms with Crippen molar-refractivity contribution in [1.29, 1.82) is 0 Å². The topological polar surface area (TPSA) is 35.0 Å². The largest absolute Gasteiger partial charge is 0.385 e. The van der Waals surface area contributed by atoms with Gasteiger partial charge in [0.2, 0.25) is 0 Å². The minimum Gasteiger partial charge on any atom is -0.385 e. The van der Waals surface area contributed by atoms with Gasteiger partial charge in [-0.2, -0.15) is 0 Å². The van der Waals surface area contributed by atoms with E-state index in [4.69, 9.17) is 16.3 Å². The predicted molar refractivity (Wildman–Crippen MR) is 93.7 cm³/mol. The van der Waals surface area contributed by atoms with Crippen molar-refractivity contribution in [2.75, 3.05) is 13.7 Å². The lowest BCUT2D eigenvalue weighted by atomic mass is 9.78. The lowest BCUT2D eigenvalue weighted by molar-refractivity contribution is 0.163. The van der Waals surface area contributed by atoms with Gasteiger partial charge in [-0.1, -0.05) is 11.6 Å². The number of ether oxygens (including phenoxy) is 1. The zero-order valence-electron chi connectivity index (χ0n) is 13.5. The second-order valence-electron chi connectivity index (χ2n) is 6.35.